The number of amides is 1. The third-order valence-electron chi connectivity index (χ3n) is 3.14. The molecule has 6 heteroatoms. The number of nitrogens with one attached hydrogen (secondary N) is 1. The highest BCUT2D eigenvalue weighted by Gasteiger charge is 2.16. The van der Waals surface area contributed by atoms with E-state index in [0.29, 0.717) is 30.6 Å². The minimum atomic E-state index is -0.314. The Morgan fingerprint density at radius 3 is 2.71 bits per heavy atom. The van der Waals surface area contributed by atoms with Gasteiger partial charge in [0.25, 0.3) is 5.91 Å². The molecule has 112 valence electrons. The molecule has 1 aromatic carbocycles. The van der Waals surface area contributed by atoms with Crippen LogP contribution in [0.15, 0.2) is 30.5 Å². The number of benzene rings is 1. The monoisotopic (exact) mass is 291 g/mol. The molecule has 0 atom stereocenters. The number of rotatable bonds is 6. The van der Waals surface area contributed by atoms with Gasteiger partial charge in [0, 0.05) is 13.2 Å². The first-order valence-corrected chi connectivity index (χ1v) is 6.89. The van der Waals surface area contributed by atoms with Crippen LogP contribution in [0.2, 0.25) is 0 Å². The number of aromatic nitrogens is 2. The quantitative estimate of drug-likeness (QED) is 0.796. The van der Waals surface area contributed by atoms with Crippen molar-refractivity contribution < 1.29 is 14.3 Å². The molecule has 0 aliphatic rings. The standard InChI is InChI=1S/C15H18FN3O2/c1-2-14-13(15(21)17-8-3-9-20)10-18-19(14)12-6-4-11(16)5-7-12/h4-7,10,20H,2-3,8-9H2,1H3,(H,17,21). The molecule has 5 nitrogen and oxygen atoms in total. The van der Waals surface area contributed by atoms with Gasteiger partial charge in [-0.05, 0) is 37.1 Å². The summed E-state index contributed by atoms with van der Waals surface area (Å²) < 4.78 is 14.6. The van der Waals surface area contributed by atoms with Crippen LogP contribution in [-0.2, 0) is 6.42 Å². The summed E-state index contributed by atoms with van der Waals surface area (Å²) in [5.41, 5.74) is 1.98. The molecule has 2 aromatic rings. The summed E-state index contributed by atoms with van der Waals surface area (Å²) >= 11 is 0. The van der Waals surface area contributed by atoms with E-state index in [-0.39, 0.29) is 18.3 Å². The summed E-state index contributed by atoms with van der Waals surface area (Å²) in [4.78, 5) is 12.1. The highest BCUT2D eigenvalue weighted by molar-refractivity contribution is 5.95. The molecule has 1 aromatic heterocycles. The first kappa shape index (κ1) is 15.2. The molecule has 2 N–H and O–H groups in total. The van der Waals surface area contributed by atoms with Crippen LogP contribution in [0.25, 0.3) is 5.69 Å². The van der Waals surface area contributed by atoms with Crippen molar-refractivity contribution in [3.05, 3.63) is 47.5 Å². The van der Waals surface area contributed by atoms with Crippen LogP contribution < -0.4 is 5.32 Å². The van der Waals surface area contributed by atoms with Crippen LogP contribution in [0, 0.1) is 5.82 Å². The molecule has 0 bridgehead atoms. The van der Waals surface area contributed by atoms with Gasteiger partial charge in [-0.1, -0.05) is 6.92 Å². The molecule has 0 aliphatic carbocycles. The Hall–Kier alpha value is -2.21. The van der Waals surface area contributed by atoms with Gasteiger partial charge in [-0.25, -0.2) is 9.07 Å². The van der Waals surface area contributed by atoms with Crippen molar-refractivity contribution in [1.29, 1.82) is 0 Å². The summed E-state index contributed by atoms with van der Waals surface area (Å²) in [5.74, 6) is -0.528. The average molecular weight is 291 g/mol. The number of carbonyl (C=O) groups excluding carboxylic acids is 1. The van der Waals surface area contributed by atoms with E-state index >= 15 is 0 Å². The SMILES string of the molecule is CCc1c(C(=O)NCCCO)cnn1-c1ccc(F)cc1. The lowest BCUT2D eigenvalue weighted by atomic mass is 10.2. The highest BCUT2D eigenvalue weighted by atomic mass is 19.1. The van der Waals surface area contributed by atoms with Gasteiger partial charge in [0.1, 0.15) is 5.82 Å². The predicted octanol–water partition coefficient (Wildman–Crippen LogP) is 1.69. The summed E-state index contributed by atoms with van der Waals surface area (Å²) in [5, 5.41) is 15.7. The van der Waals surface area contributed by atoms with Gasteiger partial charge in [-0.2, -0.15) is 5.10 Å². The number of aliphatic hydroxyl groups is 1. The lowest BCUT2D eigenvalue weighted by molar-refractivity contribution is 0.0950. The second-order valence-electron chi connectivity index (χ2n) is 4.58. The molecule has 0 aliphatic heterocycles. The zero-order valence-electron chi connectivity index (χ0n) is 11.8. The fraction of sp³-hybridized carbons (Fsp3) is 0.333. The van der Waals surface area contributed by atoms with E-state index in [1.807, 2.05) is 6.92 Å². The minimum Gasteiger partial charge on any atom is -0.396 e. The molecule has 1 amide bonds. The van der Waals surface area contributed by atoms with Crippen molar-refractivity contribution in [3.8, 4) is 5.69 Å². The van der Waals surface area contributed by atoms with Gasteiger partial charge in [-0.3, -0.25) is 4.79 Å². The highest BCUT2D eigenvalue weighted by Crippen LogP contribution is 2.16. The van der Waals surface area contributed by atoms with Crippen LogP contribution >= 0.6 is 0 Å². The topological polar surface area (TPSA) is 67.2 Å². The van der Waals surface area contributed by atoms with Gasteiger partial charge >= 0.3 is 0 Å². The summed E-state index contributed by atoms with van der Waals surface area (Å²) in [6.07, 6.45) is 2.65. The van der Waals surface area contributed by atoms with E-state index in [9.17, 15) is 9.18 Å². The molecule has 0 fully saturated rings. The largest absolute Gasteiger partial charge is 0.396 e. The molecule has 1 heterocycles. The summed E-state index contributed by atoms with van der Waals surface area (Å²) in [6.45, 7) is 2.39. The number of hydrogen-bond donors (Lipinski definition) is 2. The van der Waals surface area contributed by atoms with Crippen LogP contribution in [0.5, 0.6) is 0 Å². The first-order chi connectivity index (χ1) is 10.2. The normalized spacial score (nSPS) is 10.6. The lowest BCUT2D eigenvalue weighted by Crippen LogP contribution is -2.25. The van der Waals surface area contributed by atoms with E-state index in [4.69, 9.17) is 5.11 Å². The third-order valence-corrected chi connectivity index (χ3v) is 3.14. The van der Waals surface area contributed by atoms with Crippen molar-refractivity contribution in [2.45, 2.75) is 19.8 Å². The van der Waals surface area contributed by atoms with Gasteiger partial charge in [0.15, 0.2) is 0 Å². The van der Waals surface area contributed by atoms with Crippen LogP contribution in [0.4, 0.5) is 4.39 Å². The van der Waals surface area contributed by atoms with Crippen molar-refractivity contribution in [2.24, 2.45) is 0 Å². The van der Waals surface area contributed by atoms with E-state index < -0.39 is 0 Å². The predicted molar refractivity (Wildman–Crippen MR) is 76.9 cm³/mol. The number of halogens is 1. The average Bonchev–Trinajstić information content (AvgIpc) is 2.92. The first-order valence-electron chi connectivity index (χ1n) is 6.89. The van der Waals surface area contributed by atoms with Crippen molar-refractivity contribution in [2.75, 3.05) is 13.2 Å². The van der Waals surface area contributed by atoms with Crippen molar-refractivity contribution in [1.82, 2.24) is 15.1 Å². The van der Waals surface area contributed by atoms with Crippen molar-refractivity contribution >= 4 is 5.91 Å². The second-order valence-corrected chi connectivity index (χ2v) is 4.58. The Morgan fingerprint density at radius 1 is 1.38 bits per heavy atom. The number of hydrogen-bond acceptors (Lipinski definition) is 3. The lowest BCUT2D eigenvalue weighted by Gasteiger charge is -2.08. The molecule has 0 saturated carbocycles. The Kier molecular flexibility index (Phi) is 5.05. The fourth-order valence-electron chi connectivity index (χ4n) is 2.08. The van der Waals surface area contributed by atoms with E-state index in [1.54, 1.807) is 16.8 Å². The summed E-state index contributed by atoms with van der Waals surface area (Å²) in [6, 6.07) is 5.96. The van der Waals surface area contributed by atoms with E-state index in [2.05, 4.69) is 10.4 Å². The number of nitrogens with zero attached hydrogens (tertiary/aromatic N) is 2. The van der Waals surface area contributed by atoms with Gasteiger partial charge in [-0.15, -0.1) is 0 Å². The number of aliphatic hydroxyl groups excluding tert-OH is 1. The maximum Gasteiger partial charge on any atom is 0.254 e. The molecule has 2 rings (SSSR count). The Labute approximate surface area is 122 Å². The maximum atomic E-state index is 13.0. The second kappa shape index (κ2) is 6.99. The third kappa shape index (κ3) is 3.46. The molecule has 21 heavy (non-hydrogen) atoms. The van der Waals surface area contributed by atoms with Gasteiger partial charge in [0.05, 0.1) is 23.1 Å². The molecule has 0 saturated heterocycles. The minimum absolute atomic E-state index is 0.0375. The fourth-order valence-corrected chi connectivity index (χ4v) is 2.08. The molecular weight excluding hydrogens is 273 g/mol. The Morgan fingerprint density at radius 2 is 2.10 bits per heavy atom. The molecule has 0 radical (unpaired) electrons. The Bertz CT molecular complexity index is 608. The zero-order chi connectivity index (χ0) is 15.2. The Balaban J connectivity index is 2.25. The van der Waals surface area contributed by atoms with Crippen LogP contribution in [0.1, 0.15) is 29.4 Å². The molecule has 0 spiro atoms. The van der Waals surface area contributed by atoms with E-state index in [0.717, 1.165) is 5.69 Å². The maximum absolute atomic E-state index is 13.0. The van der Waals surface area contributed by atoms with Crippen LogP contribution in [0.3, 0.4) is 0 Å². The van der Waals surface area contributed by atoms with Crippen molar-refractivity contribution in [3.63, 3.8) is 0 Å². The number of carbonyl (C=O) groups is 1. The smallest absolute Gasteiger partial charge is 0.254 e. The van der Waals surface area contributed by atoms with Crippen LogP contribution in [-0.4, -0.2) is 33.9 Å². The van der Waals surface area contributed by atoms with E-state index in [1.165, 1.54) is 18.3 Å². The zero-order valence-corrected chi connectivity index (χ0v) is 11.8. The van der Waals surface area contributed by atoms with Gasteiger partial charge in [0.2, 0.25) is 0 Å². The molecule has 0 unspecified atom stereocenters. The molecular formula is C15H18FN3O2. The van der Waals surface area contributed by atoms with Gasteiger partial charge < -0.3 is 10.4 Å². The summed E-state index contributed by atoms with van der Waals surface area (Å²) in [7, 11) is 0.